The molecule has 1 N–H and O–H groups in total. The molecule has 3 nitrogen and oxygen atoms in total. The molecule has 1 aromatic rings. The minimum atomic E-state index is 0.0352. The third-order valence-electron chi connectivity index (χ3n) is 5.11. The Bertz CT molecular complexity index is 473. The highest BCUT2D eigenvalue weighted by molar-refractivity contribution is 5.82. The molecule has 1 amide bonds. The van der Waals surface area contributed by atoms with Crippen molar-refractivity contribution >= 4 is 5.91 Å². The van der Waals surface area contributed by atoms with E-state index >= 15 is 0 Å². The van der Waals surface area contributed by atoms with Crippen molar-refractivity contribution in [3.05, 3.63) is 35.9 Å². The van der Waals surface area contributed by atoms with Crippen molar-refractivity contribution in [3.63, 3.8) is 0 Å². The quantitative estimate of drug-likeness (QED) is 0.926. The number of likely N-dealkylation sites (tertiary alicyclic amines) is 1. The summed E-state index contributed by atoms with van der Waals surface area (Å²) in [5, 5.41) is 3.44. The largest absolute Gasteiger partial charge is 0.334 e. The first-order valence-corrected chi connectivity index (χ1v) is 8.38. The number of benzene rings is 1. The summed E-state index contributed by atoms with van der Waals surface area (Å²) in [4.78, 5) is 15.0. The first kappa shape index (κ1) is 14.6. The summed E-state index contributed by atoms with van der Waals surface area (Å²) >= 11 is 0. The molecule has 2 fully saturated rings. The van der Waals surface area contributed by atoms with Gasteiger partial charge in [-0.1, -0.05) is 43.7 Å². The molecule has 21 heavy (non-hydrogen) atoms. The van der Waals surface area contributed by atoms with Crippen LogP contribution in [0.3, 0.4) is 0 Å². The molecule has 0 radical (unpaired) electrons. The third kappa shape index (κ3) is 3.13. The second-order valence-electron chi connectivity index (χ2n) is 6.41. The Morgan fingerprint density at radius 3 is 2.86 bits per heavy atom. The fourth-order valence-electron chi connectivity index (χ4n) is 3.81. The fourth-order valence-corrected chi connectivity index (χ4v) is 3.81. The van der Waals surface area contributed by atoms with E-state index in [1.807, 2.05) is 6.07 Å². The fraction of sp³-hybridized carbons (Fsp3) is 0.611. The molecular weight excluding hydrogens is 260 g/mol. The number of carbonyl (C=O) groups is 1. The summed E-state index contributed by atoms with van der Waals surface area (Å²) in [6.07, 6.45) is 5.62. The lowest BCUT2D eigenvalue weighted by molar-refractivity contribution is -0.135. The molecule has 2 aliphatic heterocycles. The van der Waals surface area contributed by atoms with Gasteiger partial charge in [-0.2, -0.15) is 0 Å². The van der Waals surface area contributed by atoms with Crippen LogP contribution in [0.4, 0.5) is 0 Å². The molecule has 0 aliphatic carbocycles. The summed E-state index contributed by atoms with van der Waals surface area (Å²) in [5.41, 5.74) is 1.28. The van der Waals surface area contributed by atoms with Crippen LogP contribution in [0, 0.1) is 5.92 Å². The van der Waals surface area contributed by atoms with E-state index in [9.17, 15) is 4.79 Å². The highest BCUT2D eigenvalue weighted by Gasteiger charge is 2.35. The van der Waals surface area contributed by atoms with Crippen molar-refractivity contribution in [1.82, 2.24) is 10.2 Å². The van der Waals surface area contributed by atoms with E-state index in [1.54, 1.807) is 0 Å². The smallest absolute Gasteiger partial charge is 0.240 e. The van der Waals surface area contributed by atoms with Crippen LogP contribution in [0.2, 0.25) is 0 Å². The lowest BCUT2D eigenvalue weighted by Gasteiger charge is -2.34. The third-order valence-corrected chi connectivity index (χ3v) is 5.11. The van der Waals surface area contributed by atoms with Gasteiger partial charge in [0.15, 0.2) is 0 Å². The van der Waals surface area contributed by atoms with Gasteiger partial charge in [-0.15, -0.1) is 0 Å². The van der Waals surface area contributed by atoms with Gasteiger partial charge in [0.1, 0.15) is 0 Å². The molecule has 0 aromatic heterocycles. The van der Waals surface area contributed by atoms with E-state index in [2.05, 4.69) is 41.4 Å². The lowest BCUT2D eigenvalue weighted by Crippen LogP contribution is -2.50. The molecule has 3 heteroatoms. The van der Waals surface area contributed by atoms with Gasteiger partial charge in [-0.3, -0.25) is 4.79 Å². The van der Waals surface area contributed by atoms with Crippen molar-refractivity contribution in [2.45, 2.75) is 51.1 Å². The number of nitrogens with zero attached hydrogens (tertiary/aromatic N) is 1. The zero-order valence-corrected chi connectivity index (χ0v) is 12.9. The SMILES string of the molecule is CCC1CCNC(C(=O)N2CCCC2c2ccccc2)C1. The van der Waals surface area contributed by atoms with E-state index in [-0.39, 0.29) is 12.1 Å². The molecule has 2 aliphatic rings. The van der Waals surface area contributed by atoms with Crippen LogP contribution in [0.5, 0.6) is 0 Å². The summed E-state index contributed by atoms with van der Waals surface area (Å²) in [7, 11) is 0. The van der Waals surface area contributed by atoms with Gasteiger partial charge in [-0.05, 0) is 43.7 Å². The van der Waals surface area contributed by atoms with E-state index in [4.69, 9.17) is 0 Å². The molecule has 3 atom stereocenters. The van der Waals surface area contributed by atoms with Crippen molar-refractivity contribution in [3.8, 4) is 0 Å². The zero-order chi connectivity index (χ0) is 14.7. The Labute approximate surface area is 127 Å². The molecular formula is C18H26N2O. The zero-order valence-electron chi connectivity index (χ0n) is 12.9. The molecule has 3 rings (SSSR count). The Morgan fingerprint density at radius 1 is 1.29 bits per heavy atom. The minimum Gasteiger partial charge on any atom is -0.334 e. The molecule has 0 spiro atoms. The van der Waals surface area contributed by atoms with E-state index in [1.165, 1.54) is 18.4 Å². The topological polar surface area (TPSA) is 32.3 Å². The molecule has 1 aromatic carbocycles. The second-order valence-corrected chi connectivity index (χ2v) is 6.41. The number of hydrogen-bond acceptors (Lipinski definition) is 2. The van der Waals surface area contributed by atoms with Gasteiger partial charge >= 0.3 is 0 Å². The van der Waals surface area contributed by atoms with Crippen molar-refractivity contribution in [1.29, 1.82) is 0 Å². The summed E-state index contributed by atoms with van der Waals surface area (Å²) in [6.45, 7) is 4.13. The van der Waals surface area contributed by atoms with Gasteiger partial charge in [0, 0.05) is 6.54 Å². The van der Waals surface area contributed by atoms with Crippen LogP contribution < -0.4 is 5.32 Å². The van der Waals surface area contributed by atoms with Crippen LogP contribution in [0.1, 0.15) is 50.6 Å². The number of carbonyl (C=O) groups excluding carboxylic acids is 1. The van der Waals surface area contributed by atoms with Crippen molar-refractivity contribution in [2.24, 2.45) is 5.92 Å². The highest BCUT2D eigenvalue weighted by atomic mass is 16.2. The van der Waals surface area contributed by atoms with Crippen LogP contribution in [-0.2, 0) is 4.79 Å². The molecule has 2 saturated heterocycles. The first-order chi connectivity index (χ1) is 10.3. The minimum absolute atomic E-state index is 0.0352. The van der Waals surface area contributed by atoms with Gasteiger partial charge in [0.05, 0.1) is 12.1 Å². The average Bonchev–Trinajstić information content (AvgIpc) is 3.04. The maximum absolute atomic E-state index is 12.9. The van der Waals surface area contributed by atoms with Gasteiger partial charge in [-0.25, -0.2) is 0 Å². The van der Waals surface area contributed by atoms with Crippen LogP contribution in [0.25, 0.3) is 0 Å². The molecule has 114 valence electrons. The van der Waals surface area contributed by atoms with Gasteiger partial charge < -0.3 is 10.2 Å². The maximum atomic E-state index is 12.9. The Kier molecular flexibility index (Phi) is 4.59. The standard InChI is InChI=1S/C18H26N2O/c1-2-14-10-11-19-16(13-14)18(21)20-12-6-9-17(20)15-7-4-3-5-8-15/h3-5,7-8,14,16-17,19H,2,6,9-13H2,1H3. The number of nitrogens with one attached hydrogen (secondary N) is 1. The van der Waals surface area contributed by atoms with E-state index < -0.39 is 0 Å². The monoisotopic (exact) mass is 286 g/mol. The number of hydrogen-bond donors (Lipinski definition) is 1. The van der Waals surface area contributed by atoms with Crippen LogP contribution in [-0.4, -0.2) is 29.9 Å². The molecule has 3 unspecified atom stereocenters. The molecule has 0 saturated carbocycles. The Hall–Kier alpha value is -1.35. The number of piperidine rings is 1. The highest BCUT2D eigenvalue weighted by Crippen LogP contribution is 2.33. The average molecular weight is 286 g/mol. The van der Waals surface area contributed by atoms with Crippen molar-refractivity contribution in [2.75, 3.05) is 13.1 Å². The predicted octanol–water partition coefficient (Wildman–Crippen LogP) is 3.13. The number of amides is 1. The van der Waals surface area contributed by atoms with E-state index in [0.29, 0.717) is 11.8 Å². The van der Waals surface area contributed by atoms with Crippen LogP contribution >= 0.6 is 0 Å². The first-order valence-electron chi connectivity index (χ1n) is 8.38. The normalized spacial score (nSPS) is 29.6. The van der Waals surface area contributed by atoms with E-state index in [0.717, 1.165) is 32.4 Å². The predicted molar refractivity (Wildman–Crippen MR) is 84.9 cm³/mol. The Morgan fingerprint density at radius 2 is 2.10 bits per heavy atom. The van der Waals surface area contributed by atoms with Crippen molar-refractivity contribution < 1.29 is 4.79 Å². The summed E-state index contributed by atoms with van der Waals surface area (Å²) in [5.74, 6) is 1.03. The lowest BCUT2D eigenvalue weighted by atomic mass is 9.89. The van der Waals surface area contributed by atoms with Gasteiger partial charge in [0.2, 0.25) is 5.91 Å². The molecule has 2 heterocycles. The molecule has 0 bridgehead atoms. The number of rotatable bonds is 3. The second kappa shape index (κ2) is 6.61. The van der Waals surface area contributed by atoms with Gasteiger partial charge in [0.25, 0.3) is 0 Å². The van der Waals surface area contributed by atoms with Crippen LogP contribution in [0.15, 0.2) is 30.3 Å². The Balaban J connectivity index is 1.71. The summed E-state index contributed by atoms with van der Waals surface area (Å²) < 4.78 is 0. The summed E-state index contributed by atoms with van der Waals surface area (Å²) in [6, 6.07) is 10.8. The maximum Gasteiger partial charge on any atom is 0.240 e.